The van der Waals surface area contributed by atoms with Gasteiger partial charge in [0.2, 0.25) is 27.7 Å². The first-order valence-corrected chi connectivity index (χ1v) is 23.1. The highest BCUT2D eigenvalue weighted by Gasteiger charge is 2.62. The van der Waals surface area contributed by atoms with Crippen LogP contribution in [0.5, 0.6) is 5.88 Å². The number of fused-ring (bicyclic) bond motifs is 3. The van der Waals surface area contributed by atoms with E-state index in [1.165, 1.54) is 22.3 Å². The zero-order chi connectivity index (χ0) is 38.4. The molecule has 14 nitrogen and oxygen atoms in total. The van der Waals surface area contributed by atoms with E-state index in [0.717, 1.165) is 22.6 Å². The van der Waals surface area contributed by atoms with Crippen LogP contribution in [0, 0.1) is 5.92 Å². The number of para-hydroxylation sites is 2. The molecule has 3 amide bonds. The van der Waals surface area contributed by atoms with E-state index in [2.05, 4.69) is 14.8 Å². The lowest BCUT2D eigenvalue weighted by molar-refractivity contribution is -0.141. The minimum atomic E-state index is -4.21. The standard InChI is InChI=1S/C37H40N6O8S4/c44-33-29-20-24(51-34-32(30-14-8-18-52-30)38-26-11-6-7-12-27(26)39-34)22-43(29)35(45)28(41-54(47,48)25-16-17-25)13-5-3-1-2-4-10-23-21-37(23,40-33)36(46)42-55(49,50)31-15-9-19-53-31/h4,6-12,14-15,18-19,23-25,28-29,41H,1-3,5,13,16-17,20-22H2,(H,40,44)(H,42,46)/b10-4-/t23?,24-,28+,29+,37-/m1/s1. The van der Waals surface area contributed by atoms with E-state index in [9.17, 15) is 31.2 Å². The molecule has 0 spiro atoms. The van der Waals surface area contributed by atoms with Gasteiger partial charge in [-0.1, -0.05) is 49.3 Å². The number of sulfonamides is 2. The van der Waals surface area contributed by atoms with E-state index in [0.29, 0.717) is 48.8 Å². The number of carbonyl (C=O) groups excluding carboxylic acids is 3. The lowest BCUT2D eigenvalue weighted by Gasteiger charge is -2.29. The van der Waals surface area contributed by atoms with E-state index in [1.54, 1.807) is 11.4 Å². The van der Waals surface area contributed by atoms with Crippen molar-refractivity contribution in [3.05, 3.63) is 71.4 Å². The zero-order valence-corrected chi connectivity index (χ0v) is 32.9. The number of hydrogen-bond donors (Lipinski definition) is 3. The minimum absolute atomic E-state index is 0.0102. The Balaban J connectivity index is 1.13. The molecule has 18 heteroatoms. The van der Waals surface area contributed by atoms with E-state index in [4.69, 9.17) is 14.7 Å². The predicted molar refractivity (Wildman–Crippen MR) is 207 cm³/mol. The summed E-state index contributed by atoms with van der Waals surface area (Å²) in [7, 11) is -8.00. The topological polar surface area (TPSA) is 194 Å². The number of allylic oxidation sites excluding steroid dienone is 1. The van der Waals surface area contributed by atoms with Crippen LogP contribution in [0.2, 0.25) is 0 Å². The van der Waals surface area contributed by atoms with Crippen molar-refractivity contribution in [1.82, 2.24) is 29.6 Å². The van der Waals surface area contributed by atoms with Gasteiger partial charge in [0, 0.05) is 12.3 Å². The Morgan fingerprint density at radius 1 is 0.927 bits per heavy atom. The smallest absolute Gasteiger partial charge is 0.273 e. The summed E-state index contributed by atoms with van der Waals surface area (Å²) in [4.78, 5) is 54.7. The van der Waals surface area contributed by atoms with Crippen LogP contribution in [0.3, 0.4) is 0 Å². The van der Waals surface area contributed by atoms with Crippen LogP contribution >= 0.6 is 22.7 Å². The van der Waals surface area contributed by atoms with Gasteiger partial charge in [-0.15, -0.1) is 22.7 Å². The Labute approximate surface area is 326 Å². The molecule has 0 bridgehead atoms. The largest absolute Gasteiger partial charge is 0.471 e. The van der Waals surface area contributed by atoms with Crippen molar-refractivity contribution in [2.45, 2.75) is 91.0 Å². The Kier molecular flexibility index (Phi) is 10.3. The molecule has 1 saturated heterocycles. The summed E-state index contributed by atoms with van der Waals surface area (Å²) in [6.07, 6.45) is 7.07. The van der Waals surface area contributed by atoms with Crippen molar-refractivity contribution in [3.63, 3.8) is 0 Å². The van der Waals surface area contributed by atoms with E-state index in [1.807, 2.05) is 53.9 Å². The van der Waals surface area contributed by atoms with E-state index >= 15 is 0 Å². The predicted octanol–water partition coefficient (Wildman–Crippen LogP) is 4.12. The fraction of sp³-hybridized carbons (Fsp3) is 0.432. The van der Waals surface area contributed by atoms with Crippen molar-refractivity contribution in [3.8, 4) is 16.5 Å². The molecule has 8 rings (SSSR count). The monoisotopic (exact) mass is 824 g/mol. The third-order valence-electron chi connectivity index (χ3n) is 10.5. The second kappa shape index (κ2) is 15.0. The van der Waals surface area contributed by atoms with Gasteiger partial charge in [0.25, 0.3) is 15.9 Å². The lowest BCUT2D eigenvalue weighted by Crippen LogP contribution is -2.58. The Morgan fingerprint density at radius 3 is 2.42 bits per heavy atom. The second-order valence-corrected chi connectivity index (χ2v) is 20.2. The molecular weight excluding hydrogens is 785 g/mol. The maximum absolute atomic E-state index is 14.5. The van der Waals surface area contributed by atoms with Crippen molar-refractivity contribution in [1.29, 1.82) is 0 Å². The summed E-state index contributed by atoms with van der Waals surface area (Å²) in [6, 6.07) is 11.8. The molecule has 4 aromatic rings. The molecule has 2 saturated carbocycles. The Bertz CT molecular complexity index is 2350. The highest BCUT2D eigenvalue weighted by Crippen LogP contribution is 2.46. The normalized spacial score (nSPS) is 26.9. The summed E-state index contributed by atoms with van der Waals surface area (Å²) in [5, 5.41) is 5.78. The number of aromatic nitrogens is 2. The zero-order valence-electron chi connectivity index (χ0n) is 29.6. The lowest BCUT2D eigenvalue weighted by atomic mass is 10.1. The molecule has 2 aliphatic carbocycles. The van der Waals surface area contributed by atoms with Crippen molar-refractivity contribution in [2.24, 2.45) is 5.92 Å². The van der Waals surface area contributed by atoms with Crippen LogP contribution < -0.4 is 19.5 Å². The molecule has 1 unspecified atom stereocenters. The van der Waals surface area contributed by atoms with Gasteiger partial charge in [0.05, 0.1) is 27.7 Å². The van der Waals surface area contributed by atoms with Crippen LogP contribution in [0.4, 0.5) is 0 Å². The van der Waals surface area contributed by atoms with Crippen LogP contribution in [0.15, 0.2) is 75.7 Å². The molecule has 1 aromatic carbocycles. The first kappa shape index (κ1) is 37.7. The maximum atomic E-state index is 14.5. The van der Waals surface area contributed by atoms with E-state index in [-0.39, 0.29) is 35.9 Å². The summed E-state index contributed by atoms with van der Waals surface area (Å²) in [5.41, 5.74) is 0.163. The molecule has 5 heterocycles. The number of rotatable bonds is 9. The number of nitrogens with zero attached hydrogens (tertiary/aromatic N) is 3. The molecule has 4 aliphatic rings. The van der Waals surface area contributed by atoms with Crippen LogP contribution in [0.1, 0.15) is 57.8 Å². The fourth-order valence-corrected chi connectivity index (χ4v) is 11.6. The highest BCUT2D eigenvalue weighted by molar-refractivity contribution is 7.92. The van der Waals surface area contributed by atoms with Gasteiger partial charge in [-0.3, -0.25) is 14.4 Å². The second-order valence-electron chi connectivity index (χ2n) is 14.4. The summed E-state index contributed by atoms with van der Waals surface area (Å²) >= 11 is 2.42. The molecule has 0 radical (unpaired) electrons. The molecule has 3 aromatic heterocycles. The summed E-state index contributed by atoms with van der Waals surface area (Å²) in [6.45, 7) is -0.0771. The van der Waals surface area contributed by atoms with Gasteiger partial charge in [0.1, 0.15) is 33.6 Å². The van der Waals surface area contributed by atoms with Crippen molar-refractivity contribution < 1.29 is 36.0 Å². The van der Waals surface area contributed by atoms with Gasteiger partial charge in [0.15, 0.2) is 0 Å². The molecular formula is C37H40N6O8S4. The number of hydrogen-bond acceptors (Lipinski definition) is 12. The minimum Gasteiger partial charge on any atom is -0.471 e. The number of carbonyl (C=O) groups is 3. The van der Waals surface area contributed by atoms with Crippen LogP contribution in [-0.2, 0) is 34.4 Å². The maximum Gasteiger partial charge on any atom is 0.273 e. The molecule has 3 N–H and O–H groups in total. The SMILES string of the molecule is O=C1N[C@]2(C(=O)NS(=O)(=O)c3cccs3)CC2/C=C\CCCCC[C@H](NS(=O)(=O)C2CC2)C(=O)N2C[C@H](Oc3nc4ccccc4nc3-c3cccs3)C[C@@H]12. The molecule has 5 atom stereocenters. The molecule has 55 heavy (non-hydrogen) atoms. The molecule has 2 aliphatic heterocycles. The summed E-state index contributed by atoms with van der Waals surface area (Å²) in [5.74, 6) is -2.40. The van der Waals surface area contributed by atoms with Gasteiger partial charge in [-0.2, -0.15) is 0 Å². The number of nitrogens with one attached hydrogen (secondary N) is 3. The Morgan fingerprint density at radius 2 is 1.69 bits per heavy atom. The average Bonchev–Trinajstić information content (AvgIpc) is 3.86. The number of amides is 3. The van der Waals surface area contributed by atoms with E-state index < -0.39 is 72.7 Å². The van der Waals surface area contributed by atoms with Gasteiger partial charge in [-0.25, -0.2) is 36.2 Å². The summed E-state index contributed by atoms with van der Waals surface area (Å²) < 4.78 is 64.0. The Hall–Kier alpha value is -4.23. The third kappa shape index (κ3) is 7.92. The van der Waals surface area contributed by atoms with Crippen molar-refractivity contribution >= 4 is 71.5 Å². The first-order chi connectivity index (χ1) is 26.4. The van der Waals surface area contributed by atoms with Gasteiger partial charge < -0.3 is 15.0 Å². The van der Waals surface area contributed by atoms with Crippen LogP contribution in [-0.4, -0.2) is 84.9 Å². The third-order valence-corrected chi connectivity index (χ3v) is 16.0. The first-order valence-electron chi connectivity index (χ1n) is 18.3. The number of benzene rings is 1. The highest BCUT2D eigenvalue weighted by atomic mass is 32.2. The molecule has 290 valence electrons. The fourth-order valence-electron chi connectivity index (χ4n) is 7.29. The average molecular weight is 825 g/mol. The number of ether oxygens (including phenoxy) is 1. The van der Waals surface area contributed by atoms with Gasteiger partial charge in [-0.05, 0) is 73.6 Å². The number of thiophene rings is 2. The quantitative estimate of drug-likeness (QED) is 0.207. The molecule has 3 fully saturated rings. The van der Waals surface area contributed by atoms with Crippen molar-refractivity contribution in [2.75, 3.05) is 6.54 Å². The van der Waals surface area contributed by atoms with Gasteiger partial charge >= 0.3 is 0 Å². The van der Waals surface area contributed by atoms with Crippen LogP contribution in [0.25, 0.3) is 21.6 Å².